The summed E-state index contributed by atoms with van der Waals surface area (Å²) >= 11 is 4.42. The zero-order chi connectivity index (χ0) is 26.8. The second kappa shape index (κ2) is 10.6. The zero-order valence-electron chi connectivity index (χ0n) is 20.0. The third kappa shape index (κ3) is 6.64. The summed E-state index contributed by atoms with van der Waals surface area (Å²) in [6.07, 6.45) is -4.25. The maximum absolute atomic E-state index is 13.5. The van der Waals surface area contributed by atoms with E-state index in [1.165, 1.54) is 28.5 Å². The lowest BCUT2D eigenvalue weighted by molar-refractivity contribution is -0.137. The lowest BCUT2D eigenvalue weighted by Gasteiger charge is -2.34. The Hall–Kier alpha value is -2.92. The van der Waals surface area contributed by atoms with Gasteiger partial charge in [0.05, 0.1) is 24.3 Å². The molecule has 1 aromatic heterocycles. The predicted molar refractivity (Wildman–Crippen MR) is 136 cm³/mol. The maximum atomic E-state index is 13.5. The minimum atomic E-state index is -4.55. The number of carbonyl (C=O) groups is 2. The fraction of sp³-hybridized carbons (Fsp3) is 0.320. The number of rotatable bonds is 6. The summed E-state index contributed by atoms with van der Waals surface area (Å²) < 4.78 is 41.0. The Morgan fingerprint density at radius 3 is 2.28 bits per heavy atom. The fourth-order valence-corrected chi connectivity index (χ4v) is 4.75. The number of hydrogen-bond acceptors (Lipinski definition) is 4. The molecule has 0 radical (unpaired) electrons. The summed E-state index contributed by atoms with van der Waals surface area (Å²) in [6, 6.07) is 9.76. The number of amides is 2. The van der Waals surface area contributed by atoms with Crippen LogP contribution in [0, 0.1) is 0 Å². The molecule has 1 heterocycles. The Kier molecular flexibility index (Phi) is 8.14. The predicted octanol–water partition coefficient (Wildman–Crippen LogP) is 7.36. The van der Waals surface area contributed by atoms with Crippen LogP contribution in [-0.4, -0.2) is 32.5 Å². The van der Waals surface area contributed by atoms with E-state index in [9.17, 15) is 27.9 Å². The summed E-state index contributed by atoms with van der Waals surface area (Å²) in [7, 11) is 0. The Morgan fingerprint density at radius 1 is 1.14 bits per heavy atom. The third-order valence-electron chi connectivity index (χ3n) is 5.58. The number of carboxylic acid groups (broad SMARTS) is 1. The van der Waals surface area contributed by atoms with E-state index in [4.69, 9.17) is 0 Å². The molecule has 0 unspecified atom stereocenters. The Balaban J connectivity index is 1.93. The molecule has 2 amide bonds. The van der Waals surface area contributed by atoms with Crippen LogP contribution in [0.25, 0.3) is 11.1 Å². The van der Waals surface area contributed by atoms with E-state index in [0.29, 0.717) is 19.9 Å². The van der Waals surface area contributed by atoms with Crippen LogP contribution >= 0.6 is 27.3 Å². The van der Waals surface area contributed by atoms with Gasteiger partial charge in [-0.25, -0.2) is 9.78 Å². The number of carbonyl (C=O) groups excluding carboxylic acids is 1. The molecule has 36 heavy (non-hydrogen) atoms. The molecule has 3 rings (SSSR count). The largest absolute Gasteiger partial charge is 0.465 e. The number of alkyl halides is 3. The first-order chi connectivity index (χ1) is 16.7. The molecule has 0 saturated heterocycles. The molecule has 2 aromatic carbocycles. The molecule has 0 fully saturated rings. The molecule has 0 bridgehead atoms. The fourth-order valence-electron chi connectivity index (χ4n) is 3.58. The zero-order valence-corrected chi connectivity index (χ0v) is 22.4. The smallest absolute Gasteiger partial charge is 0.416 e. The number of aromatic nitrogens is 1. The van der Waals surface area contributed by atoms with Crippen molar-refractivity contribution in [1.29, 1.82) is 0 Å². The second-order valence-corrected chi connectivity index (χ2v) is 11.5. The van der Waals surface area contributed by atoms with Gasteiger partial charge >= 0.3 is 12.3 Å². The number of nitrogens with one attached hydrogen (secondary N) is 1. The number of halogens is 4. The first-order valence-electron chi connectivity index (χ1n) is 10.9. The minimum absolute atomic E-state index is 0.0784. The summed E-state index contributed by atoms with van der Waals surface area (Å²) in [5, 5.41) is 12.5. The average Bonchev–Trinajstić information content (AvgIpc) is 3.22. The van der Waals surface area contributed by atoms with E-state index in [2.05, 4.69) is 26.2 Å². The highest BCUT2D eigenvalue weighted by Gasteiger charge is 2.32. The van der Waals surface area contributed by atoms with Crippen molar-refractivity contribution in [3.05, 3.63) is 74.1 Å². The van der Waals surface area contributed by atoms with Gasteiger partial charge in [-0.2, -0.15) is 13.2 Å². The monoisotopic (exact) mass is 583 g/mol. The average molecular weight is 584 g/mol. The van der Waals surface area contributed by atoms with Crippen LogP contribution in [0.3, 0.4) is 0 Å². The lowest BCUT2D eigenvalue weighted by atomic mass is 9.94. The molecule has 3 aromatic rings. The van der Waals surface area contributed by atoms with Gasteiger partial charge < -0.3 is 10.4 Å². The van der Waals surface area contributed by atoms with Gasteiger partial charge in [0.1, 0.15) is 4.88 Å². The van der Waals surface area contributed by atoms with Crippen LogP contribution in [0.2, 0.25) is 0 Å². The first kappa shape index (κ1) is 27.7. The van der Waals surface area contributed by atoms with Gasteiger partial charge in [-0.1, -0.05) is 30.3 Å². The highest BCUT2D eigenvalue weighted by atomic mass is 79.9. The maximum Gasteiger partial charge on any atom is 0.416 e. The number of nitrogens with zero attached hydrogens (tertiary/aromatic N) is 2. The molecule has 2 N–H and O–H groups in total. The number of benzene rings is 2. The van der Waals surface area contributed by atoms with Gasteiger partial charge in [0.25, 0.3) is 5.91 Å². The highest BCUT2D eigenvalue weighted by molar-refractivity contribution is 9.11. The standard InChI is InChI=1S/C25H25BrF3N3O3S/c1-14(31-21(33)20-12-30-22(26)36-20)15-5-7-16(8-6-15)19-11-18(25(27,28)29)10-9-17(19)13-32(23(34)35)24(2,3)4/h5-12,14H,13H2,1-4H3,(H,31,33)(H,34,35)/t14-/m1/s1. The number of hydrogen-bond donors (Lipinski definition) is 2. The van der Waals surface area contributed by atoms with E-state index in [1.807, 2.05) is 0 Å². The normalized spacial score (nSPS) is 12.8. The molecule has 11 heteroatoms. The summed E-state index contributed by atoms with van der Waals surface area (Å²) in [5.41, 5.74) is 0.425. The Labute approximate surface area is 219 Å². The van der Waals surface area contributed by atoms with Crippen molar-refractivity contribution in [3.8, 4) is 11.1 Å². The summed E-state index contributed by atoms with van der Waals surface area (Å²) in [6.45, 7) is 6.89. The van der Waals surface area contributed by atoms with Crippen molar-refractivity contribution in [1.82, 2.24) is 15.2 Å². The van der Waals surface area contributed by atoms with Gasteiger partial charge in [0.15, 0.2) is 3.92 Å². The Bertz CT molecular complexity index is 1250. The summed E-state index contributed by atoms with van der Waals surface area (Å²) in [5.74, 6) is -0.286. The number of thiazole rings is 1. The molecule has 1 atom stereocenters. The molecule has 0 aliphatic rings. The van der Waals surface area contributed by atoms with Gasteiger partial charge in [-0.15, -0.1) is 11.3 Å². The minimum Gasteiger partial charge on any atom is -0.465 e. The van der Waals surface area contributed by atoms with Crippen molar-refractivity contribution < 1.29 is 27.9 Å². The molecule has 0 aliphatic heterocycles. The van der Waals surface area contributed by atoms with Crippen LogP contribution < -0.4 is 5.32 Å². The van der Waals surface area contributed by atoms with Crippen LogP contribution in [0.1, 0.15) is 60.1 Å². The topological polar surface area (TPSA) is 82.5 Å². The van der Waals surface area contributed by atoms with Crippen LogP contribution in [0.15, 0.2) is 52.6 Å². The molecule has 0 saturated carbocycles. The van der Waals surface area contributed by atoms with Crippen molar-refractivity contribution in [2.24, 2.45) is 0 Å². The van der Waals surface area contributed by atoms with E-state index in [1.54, 1.807) is 52.0 Å². The molecular weight excluding hydrogens is 559 g/mol. The van der Waals surface area contributed by atoms with Gasteiger partial charge in [0, 0.05) is 5.54 Å². The van der Waals surface area contributed by atoms with E-state index in [0.717, 1.165) is 17.7 Å². The molecule has 192 valence electrons. The Morgan fingerprint density at radius 2 is 1.78 bits per heavy atom. The summed E-state index contributed by atoms with van der Waals surface area (Å²) in [4.78, 5) is 29.9. The first-order valence-corrected chi connectivity index (χ1v) is 12.5. The van der Waals surface area contributed by atoms with Gasteiger partial charge in [-0.05, 0) is 78.0 Å². The van der Waals surface area contributed by atoms with Crippen molar-refractivity contribution in [2.45, 2.75) is 52.0 Å². The van der Waals surface area contributed by atoms with Gasteiger partial charge in [-0.3, -0.25) is 9.69 Å². The van der Waals surface area contributed by atoms with E-state index < -0.39 is 23.4 Å². The van der Waals surface area contributed by atoms with Crippen molar-refractivity contribution in [2.75, 3.05) is 0 Å². The van der Waals surface area contributed by atoms with Crippen LogP contribution in [0.4, 0.5) is 18.0 Å². The van der Waals surface area contributed by atoms with Crippen LogP contribution in [-0.2, 0) is 12.7 Å². The quantitative estimate of drug-likeness (QED) is 0.317. The third-order valence-corrected chi connectivity index (χ3v) is 7.05. The molecule has 0 spiro atoms. The SMILES string of the molecule is C[C@@H](NC(=O)c1cnc(Br)s1)c1ccc(-c2cc(C(F)(F)F)ccc2CN(C(=O)O)C(C)(C)C)cc1. The lowest BCUT2D eigenvalue weighted by Crippen LogP contribution is -2.44. The van der Waals surface area contributed by atoms with E-state index >= 15 is 0 Å². The second-order valence-electron chi connectivity index (χ2n) is 9.20. The van der Waals surface area contributed by atoms with E-state index in [-0.39, 0.29) is 24.1 Å². The van der Waals surface area contributed by atoms with Crippen molar-refractivity contribution in [3.63, 3.8) is 0 Å². The highest BCUT2D eigenvalue weighted by Crippen LogP contribution is 2.35. The van der Waals surface area contributed by atoms with Crippen LogP contribution in [0.5, 0.6) is 0 Å². The van der Waals surface area contributed by atoms with Gasteiger partial charge in [0.2, 0.25) is 0 Å². The molecule has 6 nitrogen and oxygen atoms in total. The molecule has 0 aliphatic carbocycles. The molecular formula is C25H25BrF3N3O3S. The van der Waals surface area contributed by atoms with Crippen molar-refractivity contribution >= 4 is 39.3 Å².